The number of nitrogens with zero attached hydrogens (tertiary/aromatic N) is 1. The van der Waals surface area contributed by atoms with Crippen molar-refractivity contribution in [2.24, 2.45) is 5.92 Å². The Bertz CT molecular complexity index is 655. The first-order valence-corrected chi connectivity index (χ1v) is 8.06. The molecule has 0 bridgehead atoms. The van der Waals surface area contributed by atoms with Crippen LogP contribution >= 0.6 is 11.3 Å². The van der Waals surface area contributed by atoms with Gasteiger partial charge in [0.2, 0.25) is 5.91 Å². The van der Waals surface area contributed by atoms with Gasteiger partial charge in [0, 0.05) is 6.04 Å². The van der Waals surface area contributed by atoms with Gasteiger partial charge in [-0.05, 0) is 45.0 Å². The van der Waals surface area contributed by atoms with Crippen LogP contribution in [0.25, 0.3) is 10.2 Å². The maximum Gasteiger partial charge on any atom is 0.230 e. The molecule has 0 aliphatic carbocycles. The van der Waals surface area contributed by atoms with Gasteiger partial charge in [0.1, 0.15) is 5.75 Å². The Morgan fingerprint density at radius 3 is 3.14 bits per heavy atom. The summed E-state index contributed by atoms with van der Waals surface area (Å²) in [5.41, 5.74) is 0.886. The van der Waals surface area contributed by atoms with Gasteiger partial charge in [-0.25, -0.2) is 4.98 Å². The summed E-state index contributed by atoms with van der Waals surface area (Å²) in [5, 5.41) is 6.89. The van der Waals surface area contributed by atoms with Crippen LogP contribution in [0.1, 0.15) is 20.3 Å². The zero-order valence-corrected chi connectivity index (χ0v) is 13.0. The fraction of sp³-hybridized carbons (Fsp3) is 0.467. The van der Waals surface area contributed by atoms with Crippen LogP contribution in [0.3, 0.4) is 0 Å². The number of carbonyl (C=O) groups is 1. The van der Waals surface area contributed by atoms with Crippen LogP contribution < -0.4 is 15.4 Å². The fourth-order valence-corrected chi connectivity index (χ4v) is 3.53. The Hall–Kier alpha value is -1.66. The number of amides is 1. The van der Waals surface area contributed by atoms with E-state index < -0.39 is 0 Å². The molecule has 0 saturated carbocycles. The van der Waals surface area contributed by atoms with Crippen LogP contribution in [0, 0.1) is 5.92 Å². The molecule has 3 rings (SSSR count). The van der Waals surface area contributed by atoms with Crippen molar-refractivity contribution in [2.75, 3.05) is 18.5 Å². The van der Waals surface area contributed by atoms with Crippen molar-refractivity contribution in [3.8, 4) is 5.75 Å². The Morgan fingerprint density at radius 1 is 1.57 bits per heavy atom. The Balaban J connectivity index is 1.76. The second kappa shape index (κ2) is 5.99. The van der Waals surface area contributed by atoms with E-state index >= 15 is 0 Å². The van der Waals surface area contributed by atoms with Gasteiger partial charge < -0.3 is 15.4 Å². The fourth-order valence-electron chi connectivity index (χ4n) is 2.63. The maximum atomic E-state index is 12.3. The minimum absolute atomic E-state index is 0.0241. The number of ether oxygens (including phenoxy) is 1. The molecule has 2 heterocycles. The largest absolute Gasteiger partial charge is 0.494 e. The average Bonchev–Trinajstić information content (AvgIpc) is 3.04. The van der Waals surface area contributed by atoms with E-state index in [4.69, 9.17) is 4.74 Å². The molecule has 1 aliphatic rings. The van der Waals surface area contributed by atoms with Gasteiger partial charge >= 0.3 is 0 Å². The molecule has 2 N–H and O–H groups in total. The molecular formula is C15H19N3O2S. The predicted molar refractivity (Wildman–Crippen MR) is 85.0 cm³/mol. The highest BCUT2D eigenvalue weighted by molar-refractivity contribution is 7.22. The summed E-state index contributed by atoms with van der Waals surface area (Å²) < 4.78 is 6.51. The standard InChI is InChI=1S/C15H19N3O2S/c1-3-20-10-4-5-12-13(8-10)21-15(17-12)18-14(19)11-6-7-16-9(11)2/h4-5,8-9,11,16H,3,6-7H2,1-2H3,(H,17,18,19). The number of benzene rings is 1. The van der Waals surface area contributed by atoms with Crippen LogP contribution in [-0.4, -0.2) is 30.1 Å². The van der Waals surface area contributed by atoms with Crippen LogP contribution in [0.5, 0.6) is 5.75 Å². The number of thiazole rings is 1. The van der Waals surface area contributed by atoms with E-state index in [0.717, 1.165) is 28.9 Å². The summed E-state index contributed by atoms with van der Waals surface area (Å²) in [6, 6.07) is 6.02. The Kier molecular flexibility index (Phi) is 4.07. The Labute approximate surface area is 127 Å². The van der Waals surface area contributed by atoms with Crippen molar-refractivity contribution in [1.29, 1.82) is 0 Å². The molecule has 1 aliphatic heterocycles. The van der Waals surface area contributed by atoms with Crippen molar-refractivity contribution in [2.45, 2.75) is 26.3 Å². The Morgan fingerprint density at radius 2 is 2.43 bits per heavy atom. The molecule has 1 amide bonds. The van der Waals surface area contributed by atoms with E-state index in [1.54, 1.807) is 0 Å². The summed E-state index contributed by atoms with van der Waals surface area (Å²) in [6.45, 7) is 5.54. The first-order valence-electron chi connectivity index (χ1n) is 7.25. The van der Waals surface area contributed by atoms with E-state index in [0.29, 0.717) is 11.7 Å². The van der Waals surface area contributed by atoms with Gasteiger partial charge in [0.05, 0.1) is 22.7 Å². The van der Waals surface area contributed by atoms with Crippen LogP contribution in [0.15, 0.2) is 18.2 Å². The van der Waals surface area contributed by atoms with Crippen molar-refractivity contribution in [1.82, 2.24) is 10.3 Å². The molecule has 1 aromatic carbocycles. The molecule has 2 atom stereocenters. The molecule has 0 radical (unpaired) electrons. The molecule has 1 fully saturated rings. The highest BCUT2D eigenvalue weighted by Crippen LogP contribution is 2.30. The van der Waals surface area contributed by atoms with Crippen molar-refractivity contribution >= 4 is 32.6 Å². The summed E-state index contributed by atoms with van der Waals surface area (Å²) in [7, 11) is 0. The summed E-state index contributed by atoms with van der Waals surface area (Å²) >= 11 is 1.48. The van der Waals surface area contributed by atoms with E-state index in [2.05, 4.69) is 15.6 Å². The highest BCUT2D eigenvalue weighted by atomic mass is 32.1. The van der Waals surface area contributed by atoms with Gasteiger partial charge in [-0.1, -0.05) is 11.3 Å². The number of hydrogen-bond acceptors (Lipinski definition) is 5. The van der Waals surface area contributed by atoms with E-state index in [1.165, 1.54) is 11.3 Å². The zero-order chi connectivity index (χ0) is 14.8. The zero-order valence-electron chi connectivity index (χ0n) is 12.2. The van der Waals surface area contributed by atoms with Crippen molar-refractivity contribution in [3.63, 3.8) is 0 Å². The first kappa shape index (κ1) is 14.3. The monoisotopic (exact) mass is 305 g/mol. The highest BCUT2D eigenvalue weighted by Gasteiger charge is 2.29. The number of hydrogen-bond donors (Lipinski definition) is 2. The number of nitrogens with one attached hydrogen (secondary N) is 2. The van der Waals surface area contributed by atoms with Gasteiger partial charge in [-0.3, -0.25) is 4.79 Å². The third-order valence-electron chi connectivity index (χ3n) is 3.76. The number of fused-ring (bicyclic) bond motifs is 1. The lowest BCUT2D eigenvalue weighted by atomic mass is 10.0. The lowest BCUT2D eigenvalue weighted by molar-refractivity contribution is -0.119. The first-order chi connectivity index (χ1) is 10.2. The van der Waals surface area contributed by atoms with Gasteiger partial charge in [0.15, 0.2) is 5.13 Å². The van der Waals surface area contributed by atoms with Crippen molar-refractivity contribution < 1.29 is 9.53 Å². The van der Waals surface area contributed by atoms with Crippen LogP contribution in [0.2, 0.25) is 0 Å². The summed E-state index contributed by atoms with van der Waals surface area (Å²) in [6.07, 6.45) is 0.881. The summed E-state index contributed by atoms with van der Waals surface area (Å²) in [5.74, 6) is 0.910. The lowest BCUT2D eigenvalue weighted by Crippen LogP contribution is -2.31. The average molecular weight is 305 g/mol. The molecule has 2 aromatic rings. The van der Waals surface area contributed by atoms with E-state index in [1.807, 2.05) is 32.0 Å². The normalized spacial score (nSPS) is 21.6. The number of rotatable bonds is 4. The van der Waals surface area contributed by atoms with Gasteiger partial charge in [-0.2, -0.15) is 0 Å². The summed E-state index contributed by atoms with van der Waals surface area (Å²) in [4.78, 5) is 16.7. The van der Waals surface area contributed by atoms with Crippen molar-refractivity contribution in [3.05, 3.63) is 18.2 Å². The second-order valence-corrected chi connectivity index (χ2v) is 6.24. The quantitative estimate of drug-likeness (QED) is 0.911. The molecule has 1 saturated heterocycles. The molecule has 5 nitrogen and oxygen atoms in total. The van der Waals surface area contributed by atoms with Crippen LogP contribution in [0.4, 0.5) is 5.13 Å². The molecular weight excluding hydrogens is 286 g/mol. The SMILES string of the molecule is CCOc1ccc2nc(NC(=O)C3CCNC3C)sc2c1. The van der Waals surface area contributed by atoms with Gasteiger partial charge in [0.25, 0.3) is 0 Å². The molecule has 2 unspecified atom stereocenters. The smallest absolute Gasteiger partial charge is 0.230 e. The van der Waals surface area contributed by atoms with E-state index in [-0.39, 0.29) is 17.9 Å². The van der Waals surface area contributed by atoms with Crippen LogP contribution in [-0.2, 0) is 4.79 Å². The molecule has 21 heavy (non-hydrogen) atoms. The predicted octanol–water partition coefficient (Wildman–Crippen LogP) is 2.63. The van der Waals surface area contributed by atoms with Gasteiger partial charge in [-0.15, -0.1) is 0 Å². The minimum Gasteiger partial charge on any atom is -0.494 e. The maximum absolute atomic E-state index is 12.3. The second-order valence-electron chi connectivity index (χ2n) is 5.21. The number of carbonyl (C=O) groups excluding carboxylic acids is 1. The third-order valence-corrected chi connectivity index (χ3v) is 4.70. The lowest BCUT2D eigenvalue weighted by Gasteiger charge is -2.13. The number of anilines is 1. The molecule has 112 valence electrons. The minimum atomic E-state index is 0.0241. The number of aromatic nitrogens is 1. The topological polar surface area (TPSA) is 63.2 Å². The van der Waals surface area contributed by atoms with E-state index in [9.17, 15) is 4.79 Å². The molecule has 1 aromatic heterocycles. The molecule has 0 spiro atoms. The molecule has 6 heteroatoms. The third kappa shape index (κ3) is 3.01.